The van der Waals surface area contributed by atoms with E-state index in [9.17, 15) is 14.5 Å². The summed E-state index contributed by atoms with van der Waals surface area (Å²) in [5.41, 5.74) is -0.565. The number of aromatic nitrogens is 1. The van der Waals surface area contributed by atoms with Crippen LogP contribution in [0.3, 0.4) is 0 Å². The molecule has 0 spiro atoms. The Morgan fingerprint density at radius 2 is 1.92 bits per heavy atom. The molecule has 1 aromatic heterocycles. The molecule has 1 N–H and O–H groups in total. The summed E-state index contributed by atoms with van der Waals surface area (Å²) in [6.45, 7) is 0. The minimum absolute atomic E-state index is 0.269. The molecule has 0 saturated heterocycles. The normalized spacial score (nSPS) is 9.23. The smallest absolute Gasteiger partial charge is 0.354 e. The van der Waals surface area contributed by atoms with Crippen molar-refractivity contribution in [1.82, 2.24) is 4.98 Å². The van der Waals surface area contributed by atoms with Gasteiger partial charge < -0.3 is 5.11 Å². The third-order valence-electron chi connectivity index (χ3n) is 1.27. The summed E-state index contributed by atoms with van der Waals surface area (Å²) < 4.78 is 0. The molecule has 0 aromatic carbocycles. The molecule has 0 bridgehead atoms. The molecule has 0 saturated carbocycles. The Hall–Kier alpha value is -2.11. The van der Waals surface area contributed by atoms with Gasteiger partial charge in [-0.3, -0.25) is 4.79 Å². The van der Waals surface area contributed by atoms with Crippen LogP contribution in [-0.4, -0.2) is 22.0 Å². The lowest BCUT2D eigenvalue weighted by molar-refractivity contribution is 0.0690. The van der Waals surface area contributed by atoms with Crippen LogP contribution in [0.1, 0.15) is 21.0 Å². The molecule has 6 nitrogen and oxygen atoms in total. The molecule has 0 aliphatic heterocycles. The topological polar surface area (TPSA) is 96.7 Å². The van der Waals surface area contributed by atoms with Crippen LogP contribution in [0.2, 0.25) is 0 Å². The van der Waals surface area contributed by atoms with Gasteiger partial charge >= 0.3 is 11.9 Å². The highest BCUT2D eigenvalue weighted by molar-refractivity contribution is 5.94. The number of pyridine rings is 1. The first-order chi connectivity index (χ1) is 6.15. The van der Waals surface area contributed by atoms with Gasteiger partial charge in [0.25, 0.3) is 0 Å². The Bertz CT molecular complexity index is 375. The van der Waals surface area contributed by atoms with Crippen LogP contribution in [0.15, 0.2) is 23.4 Å². The summed E-state index contributed by atoms with van der Waals surface area (Å²) in [7, 11) is 0. The lowest BCUT2D eigenvalue weighted by Crippen LogP contribution is -2.05. The second-order valence-electron chi connectivity index (χ2n) is 2.11. The standard InChI is InChI=1S/C7H4N2O4/c10-6(9-13)4-2-1-3-5(8-4)7(11)12/h1-3H,(H,11,12). The monoisotopic (exact) mass is 180 g/mol. The largest absolute Gasteiger partial charge is 0.477 e. The predicted molar refractivity (Wildman–Crippen MR) is 41.3 cm³/mol. The summed E-state index contributed by atoms with van der Waals surface area (Å²) in [6.07, 6.45) is 0. The number of hydrogen-bond acceptors (Lipinski definition) is 4. The van der Waals surface area contributed by atoms with Gasteiger partial charge in [-0.15, -0.1) is 4.91 Å². The molecule has 0 radical (unpaired) electrons. The summed E-state index contributed by atoms with van der Waals surface area (Å²) in [4.78, 5) is 34.2. The van der Waals surface area contributed by atoms with Crippen molar-refractivity contribution in [2.75, 3.05) is 0 Å². The van der Waals surface area contributed by atoms with Crippen LogP contribution in [0.25, 0.3) is 0 Å². The molecular weight excluding hydrogens is 176 g/mol. The maximum absolute atomic E-state index is 10.7. The van der Waals surface area contributed by atoms with Gasteiger partial charge in [0.05, 0.1) is 0 Å². The third-order valence-corrected chi connectivity index (χ3v) is 1.27. The number of carboxylic acids is 1. The molecule has 0 atom stereocenters. The van der Waals surface area contributed by atoms with Crippen molar-refractivity contribution < 1.29 is 14.7 Å². The Balaban J connectivity index is 3.12. The Morgan fingerprint density at radius 3 is 2.46 bits per heavy atom. The zero-order valence-corrected chi connectivity index (χ0v) is 6.30. The van der Waals surface area contributed by atoms with E-state index in [1.165, 1.54) is 18.2 Å². The number of amides is 1. The molecule has 1 rings (SSSR count). The van der Waals surface area contributed by atoms with Crippen LogP contribution in [-0.2, 0) is 0 Å². The highest BCUT2D eigenvalue weighted by atomic mass is 16.4. The van der Waals surface area contributed by atoms with E-state index in [1.54, 1.807) is 0 Å². The maximum atomic E-state index is 10.7. The second-order valence-corrected chi connectivity index (χ2v) is 2.11. The highest BCUT2D eigenvalue weighted by Gasteiger charge is 2.10. The molecule has 0 aliphatic rings. The van der Waals surface area contributed by atoms with Crippen molar-refractivity contribution in [2.24, 2.45) is 5.18 Å². The number of hydrogen-bond donors (Lipinski definition) is 1. The number of carbonyl (C=O) groups is 2. The van der Waals surface area contributed by atoms with Crippen LogP contribution in [0.5, 0.6) is 0 Å². The van der Waals surface area contributed by atoms with E-state index < -0.39 is 11.9 Å². The van der Waals surface area contributed by atoms with Gasteiger partial charge in [0, 0.05) is 5.18 Å². The number of nitroso groups, excluding NO2 is 1. The van der Waals surface area contributed by atoms with Gasteiger partial charge in [-0.1, -0.05) is 6.07 Å². The van der Waals surface area contributed by atoms with E-state index in [0.717, 1.165) is 0 Å². The van der Waals surface area contributed by atoms with Gasteiger partial charge in [0.1, 0.15) is 11.4 Å². The zero-order chi connectivity index (χ0) is 9.84. The first kappa shape index (κ1) is 8.98. The van der Waals surface area contributed by atoms with Gasteiger partial charge in [0.15, 0.2) is 0 Å². The summed E-state index contributed by atoms with van der Waals surface area (Å²) >= 11 is 0. The molecule has 1 heterocycles. The van der Waals surface area contributed by atoms with Crippen molar-refractivity contribution in [1.29, 1.82) is 0 Å². The lowest BCUT2D eigenvalue weighted by atomic mass is 10.3. The Morgan fingerprint density at radius 1 is 1.31 bits per heavy atom. The van der Waals surface area contributed by atoms with Gasteiger partial charge in [0.2, 0.25) is 0 Å². The van der Waals surface area contributed by atoms with E-state index >= 15 is 0 Å². The van der Waals surface area contributed by atoms with Crippen LogP contribution in [0.4, 0.5) is 0 Å². The maximum Gasteiger partial charge on any atom is 0.354 e. The minimum Gasteiger partial charge on any atom is -0.477 e. The number of rotatable bonds is 2. The average molecular weight is 180 g/mol. The molecule has 6 heteroatoms. The van der Waals surface area contributed by atoms with Gasteiger partial charge in [-0.2, -0.15) is 0 Å². The lowest BCUT2D eigenvalue weighted by Gasteiger charge is -1.94. The quantitative estimate of drug-likeness (QED) is 0.675. The van der Waals surface area contributed by atoms with E-state index in [1.807, 2.05) is 0 Å². The SMILES string of the molecule is O=NC(=O)c1cccc(C(=O)O)n1. The van der Waals surface area contributed by atoms with Crippen molar-refractivity contribution in [2.45, 2.75) is 0 Å². The molecule has 1 aromatic rings. The van der Waals surface area contributed by atoms with Crippen LogP contribution in [0, 0.1) is 4.91 Å². The highest BCUT2D eigenvalue weighted by Crippen LogP contribution is 2.00. The Kier molecular flexibility index (Phi) is 2.44. The molecule has 13 heavy (non-hydrogen) atoms. The number of carboxylic acid groups (broad SMARTS) is 1. The molecule has 0 fully saturated rings. The second kappa shape index (κ2) is 3.53. The van der Waals surface area contributed by atoms with Crippen LogP contribution >= 0.6 is 0 Å². The van der Waals surface area contributed by atoms with Gasteiger partial charge in [-0.25, -0.2) is 9.78 Å². The zero-order valence-electron chi connectivity index (χ0n) is 6.30. The summed E-state index contributed by atoms with van der Waals surface area (Å²) in [5.74, 6) is -2.34. The number of carbonyl (C=O) groups excluding carboxylic acids is 1. The van der Waals surface area contributed by atoms with Crippen molar-refractivity contribution in [3.05, 3.63) is 34.5 Å². The first-order valence-electron chi connectivity index (χ1n) is 3.23. The molecule has 0 unspecified atom stereocenters. The molecular formula is C7H4N2O4. The fraction of sp³-hybridized carbons (Fsp3) is 0. The average Bonchev–Trinajstić information content (AvgIpc) is 2.17. The minimum atomic E-state index is -1.26. The summed E-state index contributed by atoms with van der Waals surface area (Å²) in [6, 6.07) is 3.74. The van der Waals surface area contributed by atoms with Crippen molar-refractivity contribution >= 4 is 11.9 Å². The fourth-order valence-electron chi connectivity index (χ4n) is 0.720. The molecule has 0 aliphatic carbocycles. The van der Waals surface area contributed by atoms with E-state index in [-0.39, 0.29) is 11.4 Å². The summed E-state index contributed by atoms with van der Waals surface area (Å²) in [5, 5.41) is 10.6. The van der Waals surface area contributed by atoms with Crippen molar-refractivity contribution in [3.63, 3.8) is 0 Å². The third kappa shape index (κ3) is 1.92. The van der Waals surface area contributed by atoms with Gasteiger partial charge in [-0.05, 0) is 12.1 Å². The van der Waals surface area contributed by atoms with E-state index in [0.29, 0.717) is 0 Å². The van der Waals surface area contributed by atoms with E-state index in [2.05, 4.69) is 10.2 Å². The number of nitrogens with zero attached hydrogens (tertiary/aromatic N) is 2. The Labute approximate surface area is 72.2 Å². The first-order valence-corrected chi connectivity index (χ1v) is 3.23. The number of aromatic carboxylic acids is 1. The van der Waals surface area contributed by atoms with Crippen molar-refractivity contribution in [3.8, 4) is 0 Å². The van der Waals surface area contributed by atoms with E-state index in [4.69, 9.17) is 5.11 Å². The molecule has 66 valence electrons. The molecule has 1 amide bonds. The van der Waals surface area contributed by atoms with Crippen LogP contribution < -0.4 is 0 Å². The fourth-order valence-corrected chi connectivity index (χ4v) is 0.720. The predicted octanol–water partition coefficient (Wildman–Crippen LogP) is 0.686.